The molecule has 0 aromatic heterocycles. The Morgan fingerprint density at radius 1 is 1.14 bits per heavy atom. The zero-order chi connectivity index (χ0) is 15.6. The number of hydrogen-bond donors (Lipinski definition) is 1. The summed E-state index contributed by atoms with van der Waals surface area (Å²) in [6, 6.07) is 0.456. The summed E-state index contributed by atoms with van der Waals surface area (Å²) < 4.78 is 10.9. The molecule has 1 N–H and O–H groups in total. The second-order valence-corrected chi connectivity index (χ2v) is 6.29. The van der Waals surface area contributed by atoms with Crippen molar-refractivity contribution in [2.75, 3.05) is 19.8 Å². The van der Waals surface area contributed by atoms with Gasteiger partial charge in [0.2, 0.25) is 0 Å². The van der Waals surface area contributed by atoms with E-state index in [1.54, 1.807) is 0 Å². The van der Waals surface area contributed by atoms with Crippen LogP contribution < -0.4 is 5.32 Å². The molecule has 21 heavy (non-hydrogen) atoms. The van der Waals surface area contributed by atoms with Gasteiger partial charge in [0.15, 0.2) is 0 Å². The Morgan fingerprint density at radius 2 is 1.81 bits per heavy atom. The fourth-order valence-corrected chi connectivity index (χ4v) is 2.39. The number of unbranched alkanes of at least 4 members (excludes halogenated alkanes) is 5. The lowest BCUT2D eigenvalue weighted by Crippen LogP contribution is -2.55. The van der Waals surface area contributed by atoms with Crippen LogP contribution in [-0.2, 0) is 14.3 Å². The van der Waals surface area contributed by atoms with E-state index in [4.69, 9.17) is 9.47 Å². The minimum Gasteiger partial charge on any atom is -0.465 e. The summed E-state index contributed by atoms with van der Waals surface area (Å²) in [5.74, 6) is -0.195. The standard InChI is InChI=1S/C17H33NO3/c1-4-6-7-8-9-10-13-20-14-17(3,16(19)21-5-2)18-15-11-12-15/h15,18H,4-14H2,1-3H3. The van der Waals surface area contributed by atoms with Gasteiger partial charge in [-0.15, -0.1) is 0 Å². The molecular weight excluding hydrogens is 266 g/mol. The third-order valence-corrected chi connectivity index (χ3v) is 3.86. The summed E-state index contributed by atoms with van der Waals surface area (Å²) in [6.07, 6.45) is 9.79. The lowest BCUT2D eigenvalue weighted by Gasteiger charge is -2.28. The van der Waals surface area contributed by atoms with Crippen LogP contribution in [0.4, 0.5) is 0 Å². The average Bonchev–Trinajstić information content (AvgIpc) is 3.26. The molecule has 0 spiro atoms. The van der Waals surface area contributed by atoms with E-state index < -0.39 is 5.54 Å². The van der Waals surface area contributed by atoms with Gasteiger partial charge in [-0.05, 0) is 33.1 Å². The first-order chi connectivity index (χ1) is 10.1. The summed E-state index contributed by atoms with van der Waals surface area (Å²) in [5.41, 5.74) is -0.695. The molecule has 1 unspecified atom stereocenters. The van der Waals surface area contributed by atoms with Crippen molar-refractivity contribution in [3.63, 3.8) is 0 Å². The van der Waals surface area contributed by atoms with E-state index in [0.29, 0.717) is 19.3 Å². The summed E-state index contributed by atoms with van der Waals surface area (Å²) in [5, 5.41) is 3.37. The second-order valence-electron chi connectivity index (χ2n) is 6.29. The van der Waals surface area contributed by atoms with Crippen LogP contribution in [0.15, 0.2) is 0 Å². The third-order valence-electron chi connectivity index (χ3n) is 3.86. The minimum atomic E-state index is -0.695. The lowest BCUT2D eigenvalue weighted by atomic mass is 10.0. The largest absolute Gasteiger partial charge is 0.465 e. The first kappa shape index (κ1) is 18.4. The van der Waals surface area contributed by atoms with Crippen molar-refractivity contribution in [2.45, 2.75) is 83.7 Å². The number of nitrogens with one attached hydrogen (secondary N) is 1. The van der Waals surface area contributed by atoms with Gasteiger partial charge in [-0.3, -0.25) is 5.32 Å². The van der Waals surface area contributed by atoms with Crippen LogP contribution in [-0.4, -0.2) is 37.4 Å². The Kier molecular flexibility index (Phi) is 8.93. The van der Waals surface area contributed by atoms with Crippen LogP contribution in [0, 0.1) is 0 Å². The Bertz CT molecular complexity index is 292. The highest BCUT2D eigenvalue weighted by Gasteiger charge is 2.39. The van der Waals surface area contributed by atoms with E-state index in [1.807, 2.05) is 13.8 Å². The maximum absolute atomic E-state index is 12.1. The molecule has 4 heteroatoms. The van der Waals surface area contributed by atoms with Gasteiger partial charge in [0.1, 0.15) is 5.54 Å². The van der Waals surface area contributed by atoms with Crippen LogP contribution in [0.5, 0.6) is 0 Å². The van der Waals surface area contributed by atoms with Crippen LogP contribution in [0.25, 0.3) is 0 Å². The highest BCUT2D eigenvalue weighted by molar-refractivity contribution is 5.80. The van der Waals surface area contributed by atoms with Gasteiger partial charge >= 0.3 is 5.97 Å². The fourth-order valence-electron chi connectivity index (χ4n) is 2.39. The molecule has 0 bridgehead atoms. The summed E-state index contributed by atoms with van der Waals surface area (Å²) >= 11 is 0. The number of hydrogen-bond acceptors (Lipinski definition) is 4. The van der Waals surface area contributed by atoms with Crippen LogP contribution in [0.1, 0.15) is 72.1 Å². The molecule has 1 aliphatic rings. The molecule has 1 saturated carbocycles. The van der Waals surface area contributed by atoms with E-state index >= 15 is 0 Å². The predicted molar refractivity (Wildman–Crippen MR) is 85.4 cm³/mol. The first-order valence-corrected chi connectivity index (χ1v) is 8.65. The van der Waals surface area contributed by atoms with Crippen LogP contribution >= 0.6 is 0 Å². The Hall–Kier alpha value is -0.610. The van der Waals surface area contributed by atoms with Gasteiger partial charge < -0.3 is 9.47 Å². The van der Waals surface area contributed by atoms with Crippen LogP contribution in [0.2, 0.25) is 0 Å². The molecule has 0 heterocycles. The van der Waals surface area contributed by atoms with Crippen molar-refractivity contribution >= 4 is 5.97 Å². The highest BCUT2D eigenvalue weighted by atomic mass is 16.5. The SMILES string of the molecule is CCCCCCCCOCC(C)(NC1CC1)C(=O)OCC. The monoisotopic (exact) mass is 299 g/mol. The summed E-state index contributed by atoms with van der Waals surface area (Å²) in [4.78, 5) is 12.1. The number of esters is 1. The molecule has 0 aromatic carbocycles. The Morgan fingerprint density at radius 3 is 2.43 bits per heavy atom. The number of carbonyl (C=O) groups excluding carboxylic acids is 1. The molecule has 124 valence electrons. The zero-order valence-corrected chi connectivity index (χ0v) is 14.1. The van der Waals surface area contributed by atoms with Crippen molar-refractivity contribution < 1.29 is 14.3 Å². The second kappa shape index (κ2) is 10.2. The minimum absolute atomic E-state index is 0.195. The smallest absolute Gasteiger partial charge is 0.328 e. The Labute approximate surface area is 130 Å². The molecular formula is C17H33NO3. The summed E-state index contributed by atoms with van der Waals surface area (Å²) in [7, 11) is 0. The average molecular weight is 299 g/mol. The topological polar surface area (TPSA) is 47.6 Å². The maximum atomic E-state index is 12.1. The van der Waals surface area contributed by atoms with Gasteiger partial charge in [-0.1, -0.05) is 39.0 Å². The lowest BCUT2D eigenvalue weighted by molar-refractivity contribution is -0.153. The van der Waals surface area contributed by atoms with Gasteiger partial charge in [-0.25, -0.2) is 4.79 Å². The molecule has 1 fully saturated rings. The number of carbonyl (C=O) groups is 1. The van der Waals surface area contributed by atoms with Gasteiger partial charge in [0.05, 0.1) is 13.2 Å². The number of rotatable bonds is 13. The molecule has 1 rings (SSSR count). The van der Waals surface area contributed by atoms with E-state index in [1.165, 1.54) is 32.1 Å². The van der Waals surface area contributed by atoms with Crippen LogP contribution in [0.3, 0.4) is 0 Å². The molecule has 0 radical (unpaired) electrons. The predicted octanol–water partition coefficient (Wildman–Crippen LogP) is 3.44. The fraction of sp³-hybridized carbons (Fsp3) is 0.941. The number of ether oxygens (including phenoxy) is 2. The third kappa shape index (κ3) is 7.82. The van der Waals surface area contributed by atoms with Crippen molar-refractivity contribution in [3.8, 4) is 0 Å². The first-order valence-electron chi connectivity index (χ1n) is 8.65. The zero-order valence-electron chi connectivity index (χ0n) is 14.1. The Balaban J connectivity index is 2.18. The normalized spacial score (nSPS) is 17.5. The van der Waals surface area contributed by atoms with Crippen molar-refractivity contribution in [2.24, 2.45) is 0 Å². The molecule has 4 nitrogen and oxygen atoms in total. The van der Waals surface area contributed by atoms with E-state index in [-0.39, 0.29) is 5.97 Å². The van der Waals surface area contributed by atoms with Gasteiger partial charge in [0.25, 0.3) is 0 Å². The molecule has 0 amide bonds. The molecule has 1 aliphatic carbocycles. The van der Waals surface area contributed by atoms with Crippen molar-refractivity contribution in [1.82, 2.24) is 5.32 Å². The highest BCUT2D eigenvalue weighted by Crippen LogP contribution is 2.23. The molecule has 0 aliphatic heterocycles. The van der Waals surface area contributed by atoms with E-state index in [9.17, 15) is 4.79 Å². The van der Waals surface area contributed by atoms with Crippen molar-refractivity contribution in [1.29, 1.82) is 0 Å². The van der Waals surface area contributed by atoms with Crippen molar-refractivity contribution in [3.05, 3.63) is 0 Å². The molecule has 0 saturated heterocycles. The molecule has 0 aromatic rings. The quantitative estimate of drug-likeness (QED) is 0.418. The van der Waals surface area contributed by atoms with E-state index in [0.717, 1.165) is 25.9 Å². The van der Waals surface area contributed by atoms with E-state index in [2.05, 4.69) is 12.2 Å². The maximum Gasteiger partial charge on any atom is 0.328 e. The van der Waals surface area contributed by atoms with Gasteiger partial charge in [-0.2, -0.15) is 0 Å². The molecule has 1 atom stereocenters. The summed E-state index contributed by atoms with van der Waals surface area (Å²) in [6.45, 7) is 7.51. The van der Waals surface area contributed by atoms with Gasteiger partial charge in [0, 0.05) is 12.6 Å².